The molecule has 2 aromatic rings. The normalized spacial score (nSPS) is 28.8. The Hall–Kier alpha value is -0.561. The van der Waals surface area contributed by atoms with E-state index in [0.29, 0.717) is 42.1 Å². The Morgan fingerprint density at radius 2 is 1.42 bits per heavy atom. The molecule has 126 valence electrons. The van der Waals surface area contributed by atoms with Crippen molar-refractivity contribution in [2.75, 3.05) is 0 Å². The van der Waals surface area contributed by atoms with Gasteiger partial charge in [-0.25, -0.2) is 0 Å². The Bertz CT molecular complexity index is 577. The molecule has 0 spiro atoms. The van der Waals surface area contributed by atoms with Crippen molar-refractivity contribution in [2.24, 2.45) is 11.8 Å². The molecule has 0 radical (unpaired) electrons. The molecule has 3 fully saturated rings. The molecule has 2 bridgehead atoms. The Morgan fingerprint density at radius 3 is 2.04 bits per heavy atom. The van der Waals surface area contributed by atoms with Crippen molar-refractivity contribution in [2.45, 2.75) is 42.1 Å². The number of benzene rings is 2. The Kier molecular flexibility index (Phi) is 5.78. The van der Waals surface area contributed by atoms with Gasteiger partial charge in [0.2, 0.25) is 0 Å². The third-order valence-corrected chi connectivity index (χ3v) is 10.0. The van der Waals surface area contributed by atoms with Gasteiger partial charge >= 0.3 is 158 Å². The molecule has 0 aromatic heterocycles. The second-order valence-electron chi connectivity index (χ2n) is 6.78. The number of hydrogen-bond acceptors (Lipinski definition) is 1. The molecule has 1 saturated carbocycles. The predicted octanol–water partition coefficient (Wildman–Crippen LogP) is 3.07. The fourth-order valence-corrected chi connectivity index (χ4v) is 8.53. The van der Waals surface area contributed by atoms with Gasteiger partial charge in [-0.15, -0.1) is 0 Å². The van der Waals surface area contributed by atoms with Gasteiger partial charge in [0.15, 0.2) is 0 Å². The van der Waals surface area contributed by atoms with Crippen molar-refractivity contribution in [3.63, 3.8) is 0 Å². The van der Waals surface area contributed by atoms with E-state index in [1.807, 2.05) is 0 Å². The minimum atomic E-state index is 0.522. The summed E-state index contributed by atoms with van der Waals surface area (Å²) in [7, 11) is 0. The Morgan fingerprint density at radius 1 is 0.792 bits per heavy atom. The molecule has 4 atom stereocenters. The summed E-state index contributed by atoms with van der Waals surface area (Å²) in [6.07, 6.45) is 5.08. The monoisotopic (exact) mass is 452 g/mol. The van der Waals surface area contributed by atoms with E-state index in [9.17, 15) is 0 Å². The van der Waals surface area contributed by atoms with Gasteiger partial charge in [-0.2, -0.15) is 0 Å². The summed E-state index contributed by atoms with van der Waals surface area (Å²) in [5, 5.41) is 2.66. The van der Waals surface area contributed by atoms with Crippen LogP contribution in [0.15, 0.2) is 60.7 Å². The molecule has 2 aromatic carbocycles. The van der Waals surface area contributed by atoms with Crippen LogP contribution in [0, 0.1) is 11.8 Å². The first-order chi connectivity index (χ1) is 11.9. The average molecular weight is 450 g/mol. The minimum absolute atomic E-state index is 0.522. The SMILES string of the molecule is c1ccc([Se]CC2CC3CCC2C(C[Se]c2ccccc2)O3)cc1. The summed E-state index contributed by atoms with van der Waals surface area (Å²) in [6, 6.07) is 22.1. The number of rotatable bonds is 6. The van der Waals surface area contributed by atoms with E-state index < -0.39 is 0 Å². The number of hydrogen-bond donors (Lipinski definition) is 0. The van der Waals surface area contributed by atoms with Crippen LogP contribution < -0.4 is 8.92 Å². The second-order valence-corrected chi connectivity index (χ2v) is 11.4. The molecular weight excluding hydrogens is 426 g/mol. The molecule has 1 aliphatic carbocycles. The summed E-state index contributed by atoms with van der Waals surface area (Å²) in [4.78, 5) is 0. The standard InChI is InChI=1S/C21H24OSe2/c1-3-7-18(8-4-1)23-14-16-13-17-11-12-20(16)21(22-17)15-24-19-9-5-2-6-10-19/h1-10,16-17,20-21H,11-15H2. The van der Waals surface area contributed by atoms with Crippen molar-refractivity contribution < 1.29 is 4.74 Å². The van der Waals surface area contributed by atoms with E-state index in [1.54, 1.807) is 4.46 Å². The van der Waals surface area contributed by atoms with E-state index in [2.05, 4.69) is 60.7 Å². The molecule has 2 aliphatic heterocycles. The molecule has 24 heavy (non-hydrogen) atoms. The van der Waals surface area contributed by atoms with Gasteiger partial charge in [0.05, 0.1) is 0 Å². The molecule has 4 unspecified atom stereocenters. The number of fused-ring (bicyclic) bond motifs is 3. The zero-order valence-electron chi connectivity index (χ0n) is 13.8. The Balaban J connectivity index is 1.35. The van der Waals surface area contributed by atoms with Crippen LogP contribution in [0.4, 0.5) is 0 Å². The fourth-order valence-electron chi connectivity index (χ4n) is 3.98. The van der Waals surface area contributed by atoms with Crippen molar-refractivity contribution in [3.05, 3.63) is 60.7 Å². The maximum absolute atomic E-state index is 6.41. The first-order valence-electron chi connectivity index (χ1n) is 8.89. The fraction of sp³-hybridized carbons (Fsp3) is 0.429. The van der Waals surface area contributed by atoms with Crippen molar-refractivity contribution in [1.82, 2.24) is 0 Å². The van der Waals surface area contributed by atoms with Crippen LogP contribution in [0.3, 0.4) is 0 Å². The van der Waals surface area contributed by atoms with E-state index in [0.717, 1.165) is 11.8 Å². The molecule has 3 aliphatic rings. The van der Waals surface area contributed by atoms with Crippen LogP contribution in [0.2, 0.25) is 10.6 Å². The Labute approximate surface area is 157 Å². The third-order valence-electron chi connectivity index (χ3n) is 5.20. The van der Waals surface area contributed by atoms with Gasteiger partial charge in [-0.05, 0) is 0 Å². The average Bonchev–Trinajstić information content (AvgIpc) is 2.67. The van der Waals surface area contributed by atoms with Crippen LogP contribution in [-0.4, -0.2) is 42.1 Å². The van der Waals surface area contributed by atoms with Gasteiger partial charge in [-0.3, -0.25) is 0 Å². The van der Waals surface area contributed by atoms with Gasteiger partial charge in [0.25, 0.3) is 0 Å². The van der Waals surface area contributed by atoms with Crippen LogP contribution in [0.1, 0.15) is 19.3 Å². The van der Waals surface area contributed by atoms with Crippen LogP contribution in [0.25, 0.3) is 0 Å². The number of ether oxygens (including phenoxy) is 1. The molecular formula is C21H24OSe2. The third kappa shape index (κ3) is 4.15. The van der Waals surface area contributed by atoms with Crippen molar-refractivity contribution >= 4 is 38.8 Å². The summed E-state index contributed by atoms with van der Waals surface area (Å²) < 4.78 is 9.48. The molecule has 0 N–H and O–H groups in total. The first kappa shape index (κ1) is 16.9. The van der Waals surface area contributed by atoms with Crippen LogP contribution in [0.5, 0.6) is 0 Å². The summed E-state index contributed by atoms with van der Waals surface area (Å²) in [5.74, 6) is 1.71. The molecule has 2 heterocycles. The van der Waals surface area contributed by atoms with E-state index in [-0.39, 0.29) is 0 Å². The zero-order chi connectivity index (χ0) is 16.2. The first-order valence-corrected chi connectivity index (χ1v) is 13.0. The van der Waals surface area contributed by atoms with Crippen molar-refractivity contribution in [1.29, 1.82) is 0 Å². The summed E-state index contributed by atoms with van der Waals surface area (Å²) >= 11 is 1.18. The van der Waals surface area contributed by atoms with Gasteiger partial charge in [0, 0.05) is 0 Å². The second kappa shape index (κ2) is 8.21. The summed E-state index contributed by atoms with van der Waals surface area (Å²) in [5.41, 5.74) is 0. The molecule has 5 rings (SSSR count). The maximum atomic E-state index is 6.41. The van der Waals surface area contributed by atoms with Gasteiger partial charge < -0.3 is 0 Å². The topological polar surface area (TPSA) is 9.23 Å². The van der Waals surface area contributed by atoms with E-state index in [4.69, 9.17) is 4.74 Å². The van der Waals surface area contributed by atoms with Crippen LogP contribution >= 0.6 is 0 Å². The predicted molar refractivity (Wildman–Crippen MR) is 103 cm³/mol. The zero-order valence-corrected chi connectivity index (χ0v) is 17.3. The molecule has 1 nitrogen and oxygen atoms in total. The van der Waals surface area contributed by atoms with Gasteiger partial charge in [-0.1, -0.05) is 0 Å². The quantitative estimate of drug-likeness (QED) is 0.615. The molecule has 2 saturated heterocycles. The summed E-state index contributed by atoms with van der Waals surface area (Å²) in [6.45, 7) is 0. The van der Waals surface area contributed by atoms with Crippen molar-refractivity contribution in [3.8, 4) is 0 Å². The van der Waals surface area contributed by atoms with Gasteiger partial charge in [0.1, 0.15) is 0 Å². The van der Waals surface area contributed by atoms with Crippen LogP contribution in [-0.2, 0) is 4.74 Å². The van der Waals surface area contributed by atoms with E-state index in [1.165, 1.54) is 34.4 Å². The molecule has 0 amide bonds. The molecule has 3 heteroatoms. The van der Waals surface area contributed by atoms with E-state index >= 15 is 0 Å².